The largest absolute Gasteiger partial charge is 1.00 e. The molecule has 0 atom stereocenters. The summed E-state index contributed by atoms with van der Waals surface area (Å²) >= 11 is 1.83. The normalized spacial score (nSPS) is 8.75. The molecule has 0 heterocycles. The first kappa shape index (κ1) is 21.7. The summed E-state index contributed by atoms with van der Waals surface area (Å²) in [5, 5.41) is 28.0. The van der Waals surface area contributed by atoms with Crippen molar-refractivity contribution in [2.45, 2.75) is 13.3 Å². The maximum atomic E-state index is 11.0. The fourth-order valence-electron chi connectivity index (χ4n) is 1.13. The van der Waals surface area contributed by atoms with E-state index in [-0.39, 0.29) is 47.4 Å². The molecule has 0 saturated carbocycles. The van der Waals surface area contributed by atoms with Crippen molar-refractivity contribution in [3.63, 3.8) is 0 Å². The van der Waals surface area contributed by atoms with Crippen LogP contribution in [0.25, 0.3) is 0 Å². The Morgan fingerprint density at radius 3 is 2.30 bits per heavy atom. The molecule has 0 saturated heterocycles. The van der Waals surface area contributed by atoms with E-state index in [0.717, 1.165) is 0 Å². The summed E-state index contributed by atoms with van der Waals surface area (Å²) in [4.78, 5) is 31.4. The molecule has 7 nitrogen and oxygen atoms in total. The minimum Gasteiger partial charge on any atom is -0.855 e. The first-order chi connectivity index (χ1) is 8.84. The SMILES string of the molecule is CC[O-].O=C(O)C(=O)Cc1c(I)cccc1[N+](=O)[O-].[Na+]. The van der Waals surface area contributed by atoms with Crippen LogP contribution >= 0.6 is 22.6 Å². The summed E-state index contributed by atoms with van der Waals surface area (Å²) in [5.74, 6) is -2.65. The van der Waals surface area contributed by atoms with Crippen molar-refractivity contribution in [3.05, 3.63) is 37.4 Å². The number of Topliss-reactive ketones (excluding diaryl/α,β-unsaturated/α-hetero) is 1. The number of ketones is 1. The Bertz CT molecular complexity index is 494. The van der Waals surface area contributed by atoms with Crippen LogP contribution in [0.1, 0.15) is 12.5 Å². The molecule has 1 aromatic rings. The van der Waals surface area contributed by atoms with E-state index in [1.54, 1.807) is 13.0 Å². The molecule has 0 fully saturated rings. The van der Waals surface area contributed by atoms with Crippen LogP contribution in [0, 0.1) is 13.7 Å². The van der Waals surface area contributed by atoms with Gasteiger partial charge in [0, 0.05) is 9.64 Å². The summed E-state index contributed by atoms with van der Waals surface area (Å²) in [7, 11) is 0. The van der Waals surface area contributed by atoms with Crippen LogP contribution in [0.5, 0.6) is 0 Å². The van der Waals surface area contributed by atoms with Gasteiger partial charge in [-0.2, -0.15) is 0 Å². The Labute approximate surface area is 151 Å². The zero-order chi connectivity index (χ0) is 15.0. The van der Waals surface area contributed by atoms with Crippen molar-refractivity contribution >= 4 is 40.0 Å². The molecule has 1 N–H and O–H groups in total. The van der Waals surface area contributed by atoms with Crippen LogP contribution in [0.15, 0.2) is 18.2 Å². The van der Waals surface area contributed by atoms with Gasteiger partial charge in [-0.25, -0.2) is 4.79 Å². The van der Waals surface area contributed by atoms with E-state index in [1.807, 2.05) is 22.6 Å². The third kappa shape index (κ3) is 7.29. The molecule has 0 aliphatic carbocycles. The van der Waals surface area contributed by atoms with Gasteiger partial charge in [-0.3, -0.25) is 14.9 Å². The number of benzene rings is 1. The van der Waals surface area contributed by atoms with Crippen molar-refractivity contribution in [1.82, 2.24) is 0 Å². The van der Waals surface area contributed by atoms with Crippen LogP contribution < -0.4 is 34.7 Å². The number of carbonyl (C=O) groups is 2. The number of carboxylic acids is 1. The Balaban J connectivity index is 0. The second-order valence-corrected chi connectivity index (χ2v) is 4.35. The number of hydrogen-bond acceptors (Lipinski definition) is 5. The van der Waals surface area contributed by atoms with E-state index in [9.17, 15) is 19.7 Å². The molecule has 1 aromatic carbocycles. The van der Waals surface area contributed by atoms with E-state index in [4.69, 9.17) is 10.2 Å². The van der Waals surface area contributed by atoms with Gasteiger partial charge in [0.2, 0.25) is 5.78 Å². The summed E-state index contributed by atoms with van der Waals surface area (Å²) < 4.78 is 0.501. The average Bonchev–Trinajstić information content (AvgIpc) is 2.32. The molecule has 0 aliphatic heterocycles. The van der Waals surface area contributed by atoms with Gasteiger partial charge in [-0.05, 0) is 28.7 Å². The van der Waals surface area contributed by atoms with Gasteiger partial charge < -0.3 is 10.2 Å². The minimum atomic E-state index is -1.59. The van der Waals surface area contributed by atoms with Gasteiger partial charge in [0.1, 0.15) is 0 Å². The van der Waals surface area contributed by atoms with Crippen molar-refractivity contribution in [2.75, 3.05) is 6.61 Å². The van der Waals surface area contributed by atoms with Crippen molar-refractivity contribution in [1.29, 1.82) is 0 Å². The number of nitro groups is 1. The Morgan fingerprint density at radius 1 is 1.40 bits per heavy atom. The number of carbonyl (C=O) groups excluding carboxylic acids is 1. The van der Waals surface area contributed by atoms with Gasteiger partial charge >= 0.3 is 35.5 Å². The number of nitrogens with zero attached hydrogens (tertiary/aromatic N) is 1. The minimum absolute atomic E-state index is 0. The van der Waals surface area contributed by atoms with Crippen molar-refractivity contribution in [3.8, 4) is 0 Å². The van der Waals surface area contributed by atoms with Gasteiger partial charge in [0.05, 0.1) is 16.9 Å². The van der Waals surface area contributed by atoms with Crippen LogP contribution in [0.4, 0.5) is 5.69 Å². The standard InChI is InChI=1S/C9H6INO5.C2H5O.Na/c10-6-2-1-3-7(11(15)16)5(6)4-8(12)9(13)14;1-2-3;/h1-3H,4H2,(H,13,14);2H2,1H3;/q;-1;+1. The Morgan fingerprint density at radius 2 is 1.90 bits per heavy atom. The van der Waals surface area contributed by atoms with Crippen LogP contribution in [0.3, 0.4) is 0 Å². The number of halogens is 1. The molecule has 0 spiro atoms. The van der Waals surface area contributed by atoms with Gasteiger partial charge in [0.15, 0.2) is 0 Å². The molecule has 9 heteroatoms. The summed E-state index contributed by atoms with van der Waals surface area (Å²) in [6.07, 6.45) is -0.468. The predicted molar refractivity (Wildman–Crippen MR) is 72.7 cm³/mol. The van der Waals surface area contributed by atoms with E-state index < -0.39 is 23.1 Å². The van der Waals surface area contributed by atoms with Gasteiger partial charge in [-0.15, -0.1) is 6.61 Å². The Hall–Kier alpha value is -0.550. The number of aliphatic carboxylic acids is 1. The zero-order valence-electron chi connectivity index (χ0n) is 11.0. The monoisotopic (exact) mass is 403 g/mol. The molecule has 0 unspecified atom stereocenters. The molecule has 104 valence electrons. The van der Waals surface area contributed by atoms with E-state index in [1.165, 1.54) is 12.1 Å². The average molecular weight is 403 g/mol. The number of carboxylic acid groups (broad SMARTS) is 1. The molecular weight excluding hydrogens is 392 g/mol. The molecular formula is C11H11INNaO6. The zero-order valence-corrected chi connectivity index (χ0v) is 15.1. The van der Waals surface area contributed by atoms with Crippen molar-refractivity contribution in [2.24, 2.45) is 0 Å². The fraction of sp³-hybridized carbons (Fsp3) is 0.273. The molecule has 0 bridgehead atoms. The van der Waals surface area contributed by atoms with E-state index >= 15 is 0 Å². The molecule has 0 aromatic heterocycles. The second kappa shape index (κ2) is 11.1. The number of rotatable bonds is 4. The molecule has 1 rings (SSSR count). The summed E-state index contributed by atoms with van der Waals surface area (Å²) in [5.41, 5.74) is -0.0954. The summed E-state index contributed by atoms with van der Waals surface area (Å²) in [6.45, 7) is 1.57. The molecule has 0 radical (unpaired) electrons. The maximum absolute atomic E-state index is 11.0. The Kier molecular flexibility index (Phi) is 12.1. The van der Waals surface area contributed by atoms with Gasteiger partial charge in [0.25, 0.3) is 5.69 Å². The van der Waals surface area contributed by atoms with Crippen molar-refractivity contribution < 1.29 is 54.3 Å². The van der Waals surface area contributed by atoms with E-state index in [2.05, 4.69) is 0 Å². The van der Waals surface area contributed by atoms with Crippen LogP contribution in [0.2, 0.25) is 0 Å². The number of hydrogen-bond donors (Lipinski definition) is 1. The smallest absolute Gasteiger partial charge is 0.855 e. The topological polar surface area (TPSA) is 121 Å². The quantitative estimate of drug-likeness (QED) is 0.200. The maximum Gasteiger partial charge on any atom is 1.00 e. The fourth-order valence-corrected chi connectivity index (χ4v) is 1.80. The van der Waals surface area contributed by atoms with E-state index in [0.29, 0.717) is 3.57 Å². The second-order valence-electron chi connectivity index (χ2n) is 3.19. The van der Waals surface area contributed by atoms with Crippen LogP contribution in [-0.2, 0) is 16.0 Å². The number of nitro benzene ring substituents is 1. The molecule has 20 heavy (non-hydrogen) atoms. The first-order valence-corrected chi connectivity index (χ1v) is 6.19. The predicted octanol–water partition coefficient (Wildman–Crippen LogP) is -2.23. The van der Waals surface area contributed by atoms with Gasteiger partial charge in [-0.1, -0.05) is 13.0 Å². The molecule has 0 amide bonds. The molecule has 0 aliphatic rings. The van der Waals surface area contributed by atoms with Crippen LogP contribution in [-0.4, -0.2) is 28.4 Å². The third-order valence-corrected chi connectivity index (χ3v) is 2.88. The summed E-state index contributed by atoms with van der Waals surface area (Å²) in [6, 6.07) is 4.30. The first-order valence-electron chi connectivity index (χ1n) is 5.11. The third-order valence-electron chi connectivity index (χ3n) is 1.87.